The molecule has 1 heterocycles. The summed E-state index contributed by atoms with van der Waals surface area (Å²) in [7, 11) is 0. The van der Waals surface area contributed by atoms with Crippen LogP contribution in [0.25, 0.3) is 0 Å². The van der Waals surface area contributed by atoms with Gasteiger partial charge in [-0.25, -0.2) is 0 Å². The quantitative estimate of drug-likeness (QED) is 0.862. The van der Waals surface area contributed by atoms with E-state index in [2.05, 4.69) is 31.1 Å². The van der Waals surface area contributed by atoms with Gasteiger partial charge in [0.05, 0.1) is 15.9 Å². The lowest BCUT2D eigenvalue weighted by atomic mass is 10.3. The van der Waals surface area contributed by atoms with E-state index >= 15 is 0 Å². The van der Waals surface area contributed by atoms with E-state index in [1.165, 1.54) is 0 Å². The summed E-state index contributed by atoms with van der Waals surface area (Å²) in [4.78, 5) is 4.18. The monoisotopic (exact) mass is 294 g/mol. The van der Waals surface area contributed by atoms with Crippen LogP contribution in [0, 0.1) is 13.8 Å². The van der Waals surface area contributed by atoms with Crippen molar-refractivity contribution in [3.05, 3.63) is 34.1 Å². The van der Waals surface area contributed by atoms with Crippen LogP contribution in [0.2, 0.25) is 0 Å². The molecule has 2 rings (SSSR count). The first kappa shape index (κ1) is 11.8. The number of nitrogen functional groups attached to an aromatic ring is 1. The fourth-order valence-corrected chi connectivity index (χ4v) is 1.53. The molecule has 0 saturated carbocycles. The van der Waals surface area contributed by atoms with Crippen molar-refractivity contribution in [2.24, 2.45) is 0 Å². The molecular weight excluding hydrogens is 284 g/mol. The molecule has 0 spiro atoms. The fourth-order valence-electron chi connectivity index (χ4n) is 1.19. The Morgan fingerprint density at radius 2 is 1.94 bits per heavy atom. The largest absolute Gasteiger partial charge is 0.422 e. The van der Waals surface area contributed by atoms with Crippen LogP contribution in [0.5, 0.6) is 11.8 Å². The molecule has 6 heteroatoms. The molecule has 0 aliphatic heterocycles. The summed E-state index contributed by atoms with van der Waals surface area (Å²) < 4.78 is 6.20. The lowest BCUT2D eigenvalue weighted by Crippen LogP contribution is -2.00. The number of halogens is 1. The van der Waals surface area contributed by atoms with Crippen molar-refractivity contribution in [3.8, 4) is 11.8 Å². The molecule has 0 atom stereocenters. The van der Waals surface area contributed by atoms with E-state index in [4.69, 9.17) is 10.5 Å². The van der Waals surface area contributed by atoms with E-state index in [1.54, 1.807) is 18.2 Å². The Kier molecular flexibility index (Phi) is 3.23. The van der Waals surface area contributed by atoms with Crippen molar-refractivity contribution in [1.82, 2.24) is 15.2 Å². The number of benzene rings is 1. The van der Waals surface area contributed by atoms with Crippen LogP contribution in [0.3, 0.4) is 0 Å². The molecule has 2 aromatic rings. The van der Waals surface area contributed by atoms with Crippen LogP contribution >= 0.6 is 15.9 Å². The normalized spacial score (nSPS) is 10.3. The number of rotatable bonds is 2. The van der Waals surface area contributed by atoms with Crippen LogP contribution in [0.4, 0.5) is 5.69 Å². The molecule has 0 aliphatic carbocycles. The number of aryl methyl sites for hydroxylation is 2. The highest BCUT2D eigenvalue weighted by Gasteiger charge is 2.08. The molecule has 2 N–H and O–H groups in total. The van der Waals surface area contributed by atoms with Gasteiger partial charge in [0.25, 0.3) is 0 Å². The summed E-state index contributed by atoms with van der Waals surface area (Å²) in [5.74, 6) is 0.565. The van der Waals surface area contributed by atoms with Crippen molar-refractivity contribution < 1.29 is 4.74 Å². The highest BCUT2D eigenvalue weighted by atomic mass is 79.9. The third-order valence-electron chi connectivity index (χ3n) is 2.27. The van der Waals surface area contributed by atoms with Gasteiger partial charge in [-0.05, 0) is 41.9 Å². The fraction of sp³-hybridized carbons (Fsp3) is 0.182. The zero-order valence-corrected chi connectivity index (χ0v) is 11.0. The van der Waals surface area contributed by atoms with Gasteiger partial charge in [-0.1, -0.05) is 11.2 Å². The second-order valence-corrected chi connectivity index (χ2v) is 4.32. The van der Waals surface area contributed by atoms with Crippen molar-refractivity contribution in [2.75, 3.05) is 5.73 Å². The van der Waals surface area contributed by atoms with Gasteiger partial charge in [0.2, 0.25) is 0 Å². The highest BCUT2D eigenvalue weighted by Crippen LogP contribution is 2.32. The van der Waals surface area contributed by atoms with Crippen molar-refractivity contribution >= 4 is 21.6 Å². The van der Waals surface area contributed by atoms with Crippen molar-refractivity contribution in [1.29, 1.82) is 0 Å². The maximum absolute atomic E-state index is 5.74. The van der Waals surface area contributed by atoms with Crippen LogP contribution in [0.15, 0.2) is 22.7 Å². The number of hydrogen-bond donors (Lipinski definition) is 1. The van der Waals surface area contributed by atoms with Gasteiger partial charge < -0.3 is 10.5 Å². The van der Waals surface area contributed by atoms with Gasteiger partial charge in [-0.15, -0.1) is 5.10 Å². The summed E-state index contributed by atoms with van der Waals surface area (Å²) in [5, 5.41) is 7.80. The number of nitrogens with two attached hydrogens (primary N) is 1. The maximum Gasteiger partial charge on any atom is 0.341 e. The molecule has 1 aromatic carbocycles. The van der Waals surface area contributed by atoms with E-state index in [1.807, 2.05) is 13.8 Å². The Balaban J connectivity index is 2.31. The Morgan fingerprint density at radius 3 is 2.65 bits per heavy atom. The van der Waals surface area contributed by atoms with Gasteiger partial charge in [0, 0.05) is 5.69 Å². The topological polar surface area (TPSA) is 73.9 Å². The number of ether oxygens (including phenoxy) is 1. The van der Waals surface area contributed by atoms with E-state index in [-0.39, 0.29) is 6.01 Å². The zero-order valence-electron chi connectivity index (χ0n) is 9.44. The van der Waals surface area contributed by atoms with Gasteiger partial charge in [-0.3, -0.25) is 0 Å². The van der Waals surface area contributed by atoms with Crippen molar-refractivity contribution in [2.45, 2.75) is 13.8 Å². The minimum atomic E-state index is 0.208. The third-order valence-corrected chi connectivity index (χ3v) is 3.12. The molecule has 0 radical (unpaired) electrons. The summed E-state index contributed by atoms with van der Waals surface area (Å²) in [6.07, 6.45) is 0. The van der Waals surface area contributed by atoms with Gasteiger partial charge in [-0.2, -0.15) is 4.98 Å². The van der Waals surface area contributed by atoms with Crippen molar-refractivity contribution in [3.63, 3.8) is 0 Å². The molecule has 0 saturated heterocycles. The molecule has 0 amide bonds. The smallest absolute Gasteiger partial charge is 0.341 e. The molecule has 0 bridgehead atoms. The third kappa shape index (κ3) is 2.52. The molecule has 0 fully saturated rings. The lowest BCUT2D eigenvalue weighted by Gasteiger charge is -2.07. The number of hydrogen-bond acceptors (Lipinski definition) is 5. The number of anilines is 1. The molecule has 1 aromatic heterocycles. The average molecular weight is 295 g/mol. The SMILES string of the molecule is Cc1nnc(Oc2cccc(N)c2Br)nc1C. The predicted octanol–water partition coefficient (Wildman–Crippen LogP) is 2.63. The maximum atomic E-state index is 5.74. The average Bonchev–Trinajstić information content (AvgIpc) is 2.30. The highest BCUT2D eigenvalue weighted by molar-refractivity contribution is 9.10. The molecule has 0 aliphatic rings. The van der Waals surface area contributed by atoms with E-state index in [0.29, 0.717) is 15.9 Å². The Hall–Kier alpha value is -1.69. The van der Waals surface area contributed by atoms with Crippen LogP contribution < -0.4 is 10.5 Å². The second kappa shape index (κ2) is 4.67. The van der Waals surface area contributed by atoms with Crippen LogP contribution in [-0.2, 0) is 0 Å². The molecule has 0 unspecified atom stereocenters. The number of aromatic nitrogens is 3. The first-order chi connectivity index (χ1) is 8.08. The molecule has 17 heavy (non-hydrogen) atoms. The minimum absolute atomic E-state index is 0.208. The van der Waals surface area contributed by atoms with Crippen LogP contribution in [-0.4, -0.2) is 15.2 Å². The Labute approximate surface area is 107 Å². The summed E-state index contributed by atoms with van der Waals surface area (Å²) in [6.45, 7) is 3.70. The van der Waals surface area contributed by atoms with E-state index in [0.717, 1.165) is 11.4 Å². The summed E-state index contributed by atoms with van der Waals surface area (Å²) in [5.41, 5.74) is 7.91. The first-order valence-electron chi connectivity index (χ1n) is 4.97. The molecule has 88 valence electrons. The second-order valence-electron chi connectivity index (χ2n) is 3.53. The van der Waals surface area contributed by atoms with Gasteiger partial charge in [0.1, 0.15) is 5.75 Å². The van der Waals surface area contributed by atoms with Crippen LogP contribution in [0.1, 0.15) is 11.4 Å². The summed E-state index contributed by atoms with van der Waals surface area (Å²) >= 11 is 3.34. The van der Waals surface area contributed by atoms with E-state index < -0.39 is 0 Å². The summed E-state index contributed by atoms with van der Waals surface area (Å²) in [6, 6.07) is 5.55. The Bertz CT molecular complexity index is 559. The number of nitrogens with zero attached hydrogens (tertiary/aromatic N) is 3. The molecular formula is C11H11BrN4O. The van der Waals surface area contributed by atoms with Gasteiger partial charge >= 0.3 is 6.01 Å². The predicted molar refractivity (Wildman–Crippen MR) is 67.9 cm³/mol. The van der Waals surface area contributed by atoms with Gasteiger partial charge in [0.15, 0.2) is 0 Å². The minimum Gasteiger partial charge on any atom is -0.422 e. The standard InChI is InChI=1S/C11H11BrN4O/c1-6-7(2)15-16-11(14-6)17-9-5-3-4-8(13)10(9)12/h3-5H,13H2,1-2H3. The Morgan fingerprint density at radius 1 is 1.18 bits per heavy atom. The van der Waals surface area contributed by atoms with E-state index in [9.17, 15) is 0 Å². The lowest BCUT2D eigenvalue weighted by molar-refractivity contribution is 0.428. The first-order valence-corrected chi connectivity index (χ1v) is 5.77. The molecule has 5 nitrogen and oxygen atoms in total. The zero-order chi connectivity index (χ0) is 12.4.